The number of nitrogens with zero attached hydrogens (tertiary/aromatic N) is 2. The van der Waals surface area contributed by atoms with Gasteiger partial charge in [0.25, 0.3) is 0 Å². The number of nitrogens with one attached hydrogen (secondary N) is 1. The van der Waals surface area contributed by atoms with Crippen LogP contribution in [-0.4, -0.2) is 34.0 Å². The van der Waals surface area contributed by atoms with Crippen LogP contribution in [0, 0.1) is 6.92 Å². The molecule has 0 unspecified atom stereocenters. The number of aromatic hydroxyl groups is 1. The zero-order chi connectivity index (χ0) is 13.8. The second-order valence-electron chi connectivity index (χ2n) is 5.00. The highest BCUT2D eigenvalue weighted by Crippen LogP contribution is 2.28. The van der Waals surface area contributed by atoms with Gasteiger partial charge in [0.15, 0.2) is 0 Å². The van der Waals surface area contributed by atoms with Crippen molar-refractivity contribution in [3.05, 3.63) is 23.5 Å². The van der Waals surface area contributed by atoms with Crippen LogP contribution in [0.25, 0.3) is 0 Å². The van der Waals surface area contributed by atoms with E-state index in [1.165, 1.54) is 0 Å². The van der Waals surface area contributed by atoms with Crippen molar-refractivity contribution in [2.45, 2.75) is 39.3 Å². The number of unbranched alkanes of at least 4 members (excludes halogenated alkanes) is 2. The number of pyridine rings is 1. The van der Waals surface area contributed by atoms with Gasteiger partial charge >= 0.3 is 0 Å². The Bertz CT molecular complexity index is 462. The van der Waals surface area contributed by atoms with Crippen LogP contribution in [0.2, 0.25) is 0 Å². The van der Waals surface area contributed by atoms with Crippen LogP contribution >= 0.6 is 0 Å². The normalized spacial score (nSPS) is 19.7. The lowest BCUT2D eigenvalue weighted by atomic mass is 10.2. The standard InChI is InChI=1S/C14H21N3O2/c1-3-4-5-8-17-9-12(19)16-14(17)13-11(18)7-6-10(2)15-13/h6-7,14,18H,3-5,8-9H2,1-2H3,(H,16,19)/t14-/m1/s1. The maximum atomic E-state index is 11.6. The summed E-state index contributed by atoms with van der Waals surface area (Å²) in [7, 11) is 0. The SMILES string of the molecule is CCCCCN1CC(=O)N[C@H]1c1nc(C)ccc1O. The summed E-state index contributed by atoms with van der Waals surface area (Å²) in [6.45, 7) is 5.25. The molecule has 1 amide bonds. The van der Waals surface area contributed by atoms with E-state index in [4.69, 9.17) is 0 Å². The van der Waals surface area contributed by atoms with Crippen LogP contribution in [0.5, 0.6) is 5.75 Å². The number of hydrogen-bond donors (Lipinski definition) is 2. The topological polar surface area (TPSA) is 65.5 Å². The largest absolute Gasteiger partial charge is 0.506 e. The third kappa shape index (κ3) is 3.23. The van der Waals surface area contributed by atoms with E-state index in [2.05, 4.69) is 17.2 Å². The molecular weight excluding hydrogens is 242 g/mol. The molecule has 0 radical (unpaired) electrons. The maximum Gasteiger partial charge on any atom is 0.235 e. The summed E-state index contributed by atoms with van der Waals surface area (Å²) in [5.74, 6) is 0.127. The minimum absolute atomic E-state index is 0.01000. The van der Waals surface area contributed by atoms with Gasteiger partial charge in [0, 0.05) is 12.2 Å². The van der Waals surface area contributed by atoms with Crippen LogP contribution in [-0.2, 0) is 4.79 Å². The number of carbonyl (C=O) groups is 1. The Morgan fingerprint density at radius 3 is 3.00 bits per heavy atom. The summed E-state index contributed by atoms with van der Waals surface area (Å²) in [5.41, 5.74) is 1.38. The van der Waals surface area contributed by atoms with Gasteiger partial charge < -0.3 is 10.4 Å². The average molecular weight is 263 g/mol. The van der Waals surface area contributed by atoms with E-state index in [-0.39, 0.29) is 17.8 Å². The molecule has 104 valence electrons. The molecule has 5 heteroatoms. The molecule has 1 aromatic heterocycles. The molecule has 1 aromatic rings. The highest BCUT2D eigenvalue weighted by molar-refractivity contribution is 5.80. The molecule has 0 spiro atoms. The molecule has 1 aliphatic heterocycles. The minimum atomic E-state index is -0.302. The van der Waals surface area contributed by atoms with Gasteiger partial charge in [0.1, 0.15) is 17.6 Å². The second-order valence-corrected chi connectivity index (χ2v) is 5.00. The molecule has 2 heterocycles. The molecule has 0 saturated carbocycles. The van der Waals surface area contributed by atoms with Crippen LogP contribution in [0.3, 0.4) is 0 Å². The van der Waals surface area contributed by atoms with E-state index in [9.17, 15) is 9.90 Å². The lowest BCUT2D eigenvalue weighted by Crippen LogP contribution is -2.29. The van der Waals surface area contributed by atoms with Gasteiger partial charge in [-0.2, -0.15) is 0 Å². The van der Waals surface area contributed by atoms with Crippen LogP contribution < -0.4 is 5.32 Å². The van der Waals surface area contributed by atoms with E-state index in [1.807, 2.05) is 11.8 Å². The number of aryl methyl sites for hydroxylation is 1. The first-order chi connectivity index (χ1) is 9.11. The molecule has 2 N–H and O–H groups in total. The highest BCUT2D eigenvalue weighted by Gasteiger charge is 2.33. The highest BCUT2D eigenvalue weighted by atomic mass is 16.3. The molecule has 0 aliphatic carbocycles. The molecule has 1 atom stereocenters. The Kier molecular flexibility index (Phi) is 4.37. The summed E-state index contributed by atoms with van der Waals surface area (Å²) in [6, 6.07) is 3.39. The molecule has 0 aromatic carbocycles. The fourth-order valence-electron chi connectivity index (χ4n) is 2.35. The summed E-state index contributed by atoms with van der Waals surface area (Å²) >= 11 is 0. The number of carbonyl (C=O) groups excluding carboxylic acids is 1. The Morgan fingerprint density at radius 2 is 2.26 bits per heavy atom. The van der Waals surface area contributed by atoms with Gasteiger partial charge in [-0.1, -0.05) is 19.8 Å². The number of rotatable bonds is 5. The first-order valence-electron chi connectivity index (χ1n) is 6.81. The summed E-state index contributed by atoms with van der Waals surface area (Å²) < 4.78 is 0. The van der Waals surface area contributed by atoms with Gasteiger partial charge in [-0.25, -0.2) is 0 Å². The number of aromatic nitrogens is 1. The van der Waals surface area contributed by atoms with Crippen molar-refractivity contribution in [3.63, 3.8) is 0 Å². The fourth-order valence-corrected chi connectivity index (χ4v) is 2.35. The van der Waals surface area contributed by atoms with Crippen LogP contribution in [0.15, 0.2) is 12.1 Å². The molecule has 1 aliphatic rings. The van der Waals surface area contributed by atoms with E-state index in [1.54, 1.807) is 12.1 Å². The Morgan fingerprint density at radius 1 is 1.47 bits per heavy atom. The average Bonchev–Trinajstić information content (AvgIpc) is 2.74. The number of amides is 1. The quantitative estimate of drug-likeness (QED) is 0.794. The van der Waals surface area contributed by atoms with Crippen molar-refractivity contribution in [1.29, 1.82) is 0 Å². The Balaban J connectivity index is 2.15. The second kappa shape index (κ2) is 6.02. The predicted molar refractivity (Wildman–Crippen MR) is 72.6 cm³/mol. The van der Waals surface area contributed by atoms with Crippen molar-refractivity contribution < 1.29 is 9.90 Å². The Labute approximate surface area is 113 Å². The minimum Gasteiger partial charge on any atom is -0.506 e. The maximum absolute atomic E-state index is 11.6. The molecule has 1 saturated heterocycles. The lowest BCUT2D eigenvalue weighted by Gasteiger charge is -2.23. The third-order valence-electron chi connectivity index (χ3n) is 3.36. The van der Waals surface area contributed by atoms with Crippen molar-refractivity contribution in [1.82, 2.24) is 15.2 Å². The van der Waals surface area contributed by atoms with Gasteiger partial charge in [-0.15, -0.1) is 0 Å². The monoisotopic (exact) mass is 263 g/mol. The molecule has 19 heavy (non-hydrogen) atoms. The van der Waals surface area contributed by atoms with E-state index in [0.717, 1.165) is 31.5 Å². The predicted octanol–water partition coefficient (Wildman–Crippen LogP) is 1.72. The van der Waals surface area contributed by atoms with Gasteiger partial charge in [-0.3, -0.25) is 14.7 Å². The van der Waals surface area contributed by atoms with E-state index < -0.39 is 0 Å². The van der Waals surface area contributed by atoms with Crippen LogP contribution in [0.4, 0.5) is 0 Å². The van der Waals surface area contributed by atoms with E-state index in [0.29, 0.717) is 12.2 Å². The third-order valence-corrected chi connectivity index (χ3v) is 3.36. The van der Waals surface area contributed by atoms with Crippen LogP contribution in [0.1, 0.15) is 43.7 Å². The van der Waals surface area contributed by atoms with Crippen molar-refractivity contribution in [2.75, 3.05) is 13.1 Å². The summed E-state index contributed by atoms with van der Waals surface area (Å²) in [5, 5.41) is 12.8. The lowest BCUT2D eigenvalue weighted by molar-refractivity contribution is -0.118. The smallest absolute Gasteiger partial charge is 0.235 e. The van der Waals surface area contributed by atoms with Crippen molar-refractivity contribution in [2.24, 2.45) is 0 Å². The Hall–Kier alpha value is -1.62. The summed E-state index contributed by atoms with van der Waals surface area (Å²) in [6.07, 6.45) is 3.04. The van der Waals surface area contributed by atoms with Gasteiger partial charge in [0.05, 0.1) is 6.54 Å². The zero-order valence-corrected chi connectivity index (χ0v) is 11.5. The number of hydrogen-bond acceptors (Lipinski definition) is 4. The van der Waals surface area contributed by atoms with Gasteiger partial charge in [0.2, 0.25) is 5.91 Å². The fraction of sp³-hybridized carbons (Fsp3) is 0.571. The first-order valence-corrected chi connectivity index (χ1v) is 6.81. The molecular formula is C14H21N3O2. The van der Waals surface area contributed by atoms with E-state index >= 15 is 0 Å². The molecule has 2 rings (SSSR count). The molecule has 0 bridgehead atoms. The molecule has 1 fully saturated rings. The molecule has 5 nitrogen and oxygen atoms in total. The van der Waals surface area contributed by atoms with Gasteiger partial charge in [-0.05, 0) is 25.5 Å². The van der Waals surface area contributed by atoms with Crippen molar-refractivity contribution >= 4 is 5.91 Å². The first kappa shape index (κ1) is 13.8. The van der Waals surface area contributed by atoms with Crippen molar-refractivity contribution in [3.8, 4) is 5.75 Å². The zero-order valence-electron chi connectivity index (χ0n) is 11.5. The summed E-state index contributed by atoms with van der Waals surface area (Å²) in [4.78, 5) is 18.0.